The van der Waals surface area contributed by atoms with Crippen LogP contribution < -0.4 is 9.80 Å². The maximum Gasteiger partial charge on any atom is 0.285 e. The van der Waals surface area contributed by atoms with Crippen molar-refractivity contribution in [2.24, 2.45) is 12.5 Å². The summed E-state index contributed by atoms with van der Waals surface area (Å²) in [6.07, 6.45) is -0.285. The second-order valence-corrected chi connectivity index (χ2v) is 11.6. The highest BCUT2D eigenvalue weighted by Crippen LogP contribution is 2.39. The van der Waals surface area contributed by atoms with E-state index in [4.69, 9.17) is 9.97 Å². The van der Waals surface area contributed by atoms with E-state index in [2.05, 4.69) is 41.0 Å². The molecule has 5 heterocycles. The summed E-state index contributed by atoms with van der Waals surface area (Å²) in [7, 11) is 1.50. The molecule has 0 atom stereocenters. The SMILES string of the molecule is Cc1ccc2n[nH]c(C)c2c1-c1nc2c(c(N3CCCC(C)(C)C3)n1)CN(c1c(F)c(C(F)F)nn1C)CC2. The number of fused-ring (bicyclic) bond motifs is 2. The third-order valence-corrected chi connectivity index (χ3v) is 8.06. The highest BCUT2D eigenvalue weighted by Gasteiger charge is 2.34. The quantitative estimate of drug-likeness (QED) is 0.363. The summed E-state index contributed by atoms with van der Waals surface area (Å²) in [5, 5.41) is 12.3. The number of nitrogens with zero attached hydrogens (tertiary/aromatic N) is 7. The van der Waals surface area contributed by atoms with Gasteiger partial charge in [-0.1, -0.05) is 19.9 Å². The number of halogens is 3. The number of anilines is 2. The van der Waals surface area contributed by atoms with Crippen molar-refractivity contribution in [2.45, 2.75) is 59.9 Å². The van der Waals surface area contributed by atoms with Gasteiger partial charge in [0.1, 0.15) is 5.82 Å². The van der Waals surface area contributed by atoms with Crippen LogP contribution in [0.5, 0.6) is 0 Å². The first-order chi connectivity index (χ1) is 18.5. The van der Waals surface area contributed by atoms with Crippen molar-refractivity contribution in [3.05, 3.63) is 46.2 Å². The number of aryl methyl sites for hydroxylation is 3. The molecule has 2 aliphatic heterocycles. The molecule has 2 aliphatic rings. The molecule has 4 aromatic rings. The van der Waals surface area contributed by atoms with Crippen molar-refractivity contribution >= 4 is 22.5 Å². The molecule has 6 rings (SSSR count). The number of aromatic amines is 1. The molecule has 206 valence electrons. The first kappa shape index (κ1) is 25.6. The summed E-state index contributed by atoms with van der Waals surface area (Å²) in [4.78, 5) is 14.4. The number of H-pyrrole nitrogens is 1. The molecule has 3 aromatic heterocycles. The summed E-state index contributed by atoms with van der Waals surface area (Å²) in [5.41, 5.74) is 4.95. The van der Waals surface area contributed by atoms with Gasteiger partial charge in [-0.25, -0.2) is 27.8 Å². The molecule has 8 nitrogen and oxygen atoms in total. The van der Waals surface area contributed by atoms with Gasteiger partial charge >= 0.3 is 0 Å². The van der Waals surface area contributed by atoms with E-state index >= 15 is 4.39 Å². The fourth-order valence-corrected chi connectivity index (χ4v) is 6.20. The lowest BCUT2D eigenvalue weighted by molar-refractivity contribution is 0.140. The number of piperidine rings is 1. The van der Waals surface area contributed by atoms with Crippen LogP contribution in [0.1, 0.15) is 61.3 Å². The molecule has 39 heavy (non-hydrogen) atoms. The van der Waals surface area contributed by atoms with Crippen molar-refractivity contribution in [2.75, 3.05) is 29.4 Å². The summed E-state index contributed by atoms with van der Waals surface area (Å²) < 4.78 is 43.1. The Morgan fingerprint density at radius 3 is 2.59 bits per heavy atom. The van der Waals surface area contributed by atoms with Crippen molar-refractivity contribution < 1.29 is 13.2 Å². The second-order valence-electron chi connectivity index (χ2n) is 11.6. The largest absolute Gasteiger partial charge is 0.356 e. The molecule has 0 amide bonds. The Morgan fingerprint density at radius 2 is 1.87 bits per heavy atom. The number of hydrogen-bond donors (Lipinski definition) is 1. The van der Waals surface area contributed by atoms with E-state index in [1.807, 2.05) is 19.1 Å². The van der Waals surface area contributed by atoms with E-state index in [1.54, 1.807) is 4.90 Å². The predicted octanol–water partition coefficient (Wildman–Crippen LogP) is 5.64. The van der Waals surface area contributed by atoms with Gasteiger partial charge in [-0.15, -0.1) is 0 Å². The molecule has 1 saturated heterocycles. The predicted molar refractivity (Wildman–Crippen MR) is 145 cm³/mol. The Labute approximate surface area is 225 Å². The molecule has 0 bridgehead atoms. The monoisotopic (exact) mass is 538 g/mol. The summed E-state index contributed by atoms with van der Waals surface area (Å²) >= 11 is 0. The molecule has 0 unspecified atom stereocenters. The molecular weight excluding hydrogens is 505 g/mol. The number of aromatic nitrogens is 6. The van der Waals surface area contributed by atoms with Gasteiger partial charge in [-0.2, -0.15) is 10.2 Å². The van der Waals surface area contributed by atoms with Crippen LogP contribution in [0.3, 0.4) is 0 Å². The van der Waals surface area contributed by atoms with Crippen LogP contribution in [0.2, 0.25) is 0 Å². The third-order valence-electron chi connectivity index (χ3n) is 8.06. The summed E-state index contributed by atoms with van der Waals surface area (Å²) in [5.74, 6) is 0.591. The van der Waals surface area contributed by atoms with Gasteiger partial charge in [-0.05, 0) is 43.7 Å². The van der Waals surface area contributed by atoms with Gasteiger partial charge < -0.3 is 9.80 Å². The van der Waals surface area contributed by atoms with E-state index in [0.717, 1.165) is 70.7 Å². The lowest BCUT2D eigenvalue weighted by Crippen LogP contribution is -2.42. The topological polar surface area (TPSA) is 78.8 Å². The molecule has 0 saturated carbocycles. The average molecular weight is 539 g/mol. The fraction of sp³-hybridized carbons (Fsp3) is 0.500. The first-order valence-electron chi connectivity index (χ1n) is 13.4. The lowest BCUT2D eigenvalue weighted by atomic mass is 9.84. The zero-order valence-electron chi connectivity index (χ0n) is 22.9. The normalized spacial score (nSPS) is 17.4. The van der Waals surface area contributed by atoms with Crippen LogP contribution in [0, 0.1) is 25.1 Å². The maximum absolute atomic E-state index is 15.1. The molecule has 1 aromatic carbocycles. The van der Waals surface area contributed by atoms with E-state index in [9.17, 15) is 8.78 Å². The van der Waals surface area contributed by atoms with Crippen LogP contribution in [0.15, 0.2) is 12.1 Å². The number of alkyl halides is 2. The Balaban J connectivity index is 1.50. The summed E-state index contributed by atoms with van der Waals surface area (Å²) in [6, 6.07) is 4.04. The number of benzene rings is 1. The maximum atomic E-state index is 15.1. The number of nitrogens with one attached hydrogen (secondary N) is 1. The van der Waals surface area contributed by atoms with Crippen molar-refractivity contribution in [3.8, 4) is 11.4 Å². The molecule has 1 N–H and O–H groups in total. The number of hydrogen-bond acceptors (Lipinski definition) is 6. The van der Waals surface area contributed by atoms with Gasteiger partial charge in [-0.3, -0.25) is 5.10 Å². The second kappa shape index (κ2) is 9.24. The Kier molecular flexibility index (Phi) is 6.07. The van der Waals surface area contributed by atoms with Crippen LogP contribution in [-0.2, 0) is 20.0 Å². The first-order valence-corrected chi connectivity index (χ1v) is 13.4. The van der Waals surface area contributed by atoms with Gasteiger partial charge in [0.2, 0.25) is 0 Å². The van der Waals surface area contributed by atoms with Crippen LogP contribution in [0.4, 0.5) is 24.8 Å². The average Bonchev–Trinajstić information content (AvgIpc) is 3.41. The lowest BCUT2D eigenvalue weighted by Gasteiger charge is -2.41. The highest BCUT2D eigenvalue weighted by atomic mass is 19.3. The standard InChI is InChI=1S/C28H33F3N8/c1-15-7-8-19-21(16(2)34-35-19)20(15)25-32-18-9-12-38(27-22(29)23(24(30)31)36-37(27)5)13-17(18)26(33-25)39-11-6-10-28(3,4)14-39/h7-8,24H,6,9-14H2,1-5H3,(H,34,35). The van der Waals surface area contributed by atoms with Crippen LogP contribution in [-0.4, -0.2) is 49.6 Å². The molecule has 11 heteroatoms. The van der Waals surface area contributed by atoms with Crippen LogP contribution >= 0.6 is 0 Å². The zero-order chi connectivity index (χ0) is 27.6. The Bertz CT molecular complexity index is 1570. The molecule has 0 spiro atoms. The molecule has 0 aliphatic carbocycles. The van der Waals surface area contributed by atoms with E-state index < -0.39 is 17.9 Å². The number of rotatable bonds is 4. The molecule has 0 radical (unpaired) electrons. The van der Waals surface area contributed by atoms with Gasteiger partial charge in [0.25, 0.3) is 6.43 Å². The fourth-order valence-electron chi connectivity index (χ4n) is 6.20. The van der Waals surface area contributed by atoms with E-state index in [-0.39, 0.29) is 11.2 Å². The zero-order valence-corrected chi connectivity index (χ0v) is 22.9. The Morgan fingerprint density at radius 1 is 1.08 bits per heavy atom. The van der Waals surface area contributed by atoms with Gasteiger partial charge in [0.05, 0.1) is 11.2 Å². The Hall–Kier alpha value is -3.63. The van der Waals surface area contributed by atoms with Gasteiger partial charge in [0, 0.05) is 61.9 Å². The molecular formula is C28H33F3N8. The minimum absolute atomic E-state index is 0.0691. The van der Waals surface area contributed by atoms with Crippen molar-refractivity contribution in [1.82, 2.24) is 29.9 Å². The van der Waals surface area contributed by atoms with Crippen LogP contribution in [0.25, 0.3) is 22.3 Å². The van der Waals surface area contributed by atoms with E-state index in [0.29, 0.717) is 25.3 Å². The van der Waals surface area contributed by atoms with Gasteiger partial charge in [0.15, 0.2) is 23.2 Å². The minimum Gasteiger partial charge on any atom is -0.356 e. The minimum atomic E-state index is -2.98. The summed E-state index contributed by atoms with van der Waals surface area (Å²) in [6.45, 7) is 11.0. The molecule has 1 fully saturated rings. The highest BCUT2D eigenvalue weighted by molar-refractivity contribution is 5.96. The van der Waals surface area contributed by atoms with Crippen molar-refractivity contribution in [1.29, 1.82) is 0 Å². The van der Waals surface area contributed by atoms with Crippen molar-refractivity contribution in [3.63, 3.8) is 0 Å². The smallest absolute Gasteiger partial charge is 0.285 e. The van der Waals surface area contributed by atoms with E-state index in [1.165, 1.54) is 11.7 Å². The third kappa shape index (κ3) is 4.31.